The molecule has 2 heteroatoms. The van der Waals surface area contributed by atoms with Crippen molar-refractivity contribution in [3.05, 3.63) is 34.3 Å². The lowest BCUT2D eigenvalue weighted by molar-refractivity contribution is 0.183. The van der Waals surface area contributed by atoms with Gasteiger partial charge in [0.1, 0.15) is 0 Å². The summed E-state index contributed by atoms with van der Waals surface area (Å²) < 4.78 is 1.19. The van der Waals surface area contributed by atoms with E-state index in [-0.39, 0.29) is 0 Å². The fraction of sp³-hybridized carbons (Fsp3) is 0.625. The molecule has 96 valence electrons. The van der Waals surface area contributed by atoms with Gasteiger partial charge in [-0.25, -0.2) is 0 Å². The zero-order chi connectivity index (χ0) is 12.2. The smallest absolute Gasteiger partial charge is 0.0211 e. The summed E-state index contributed by atoms with van der Waals surface area (Å²) in [4.78, 5) is 0. The molecule has 2 unspecified atom stereocenters. The molecule has 0 radical (unpaired) electrons. The van der Waals surface area contributed by atoms with E-state index in [0.717, 1.165) is 24.3 Å². The van der Waals surface area contributed by atoms with Gasteiger partial charge in [0.05, 0.1) is 0 Å². The van der Waals surface area contributed by atoms with Gasteiger partial charge in [-0.2, -0.15) is 0 Å². The molecule has 1 nitrogen and oxygen atoms in total. The summed E-state index contributed by atoms with van der Waals surface area (Å²) in [5.41, 5.74) is 1.90. The molecule has 0 amide bonds. The Morgan fingerprint density at radius 3 is 2.61 bits per heavy atom. The molecule has 4 fully saturated rings. The zero-order valence-electron chi connectivity index (χ0n) is 10.7. The fourth-order valence-corrected chi connectivity index (χ4v) is 5.41. The average Bonchev–Trinajstić information content (AvgIpc) is 2.75. The highest BCUT2D eigenvalue weighted by Crippen LogP contribution is 2.59. The molecular formula is C16H20BrN. The third-order valence-electron chi connectivity index (χ3n) is 5.48. The van der Waals surface area contributed by atoms with Gasteiger partial charge in [-0.05, 0) is 67.6 Å². The summed E-state index contributed by atoms with van der Waals surface area (Å²) in [6, 6.07) is 8.70. The lowest BCUT2D eigenvalue weighted by Crippen LogP contribution is -2.47. The van der Waals surface area contributed by atoms with Crippen LogP contribution in [0.3, 0.4) is 0 Å². The van der Waals surface area contributed by atoms with Crippen LogP contribution in [0.2, 0.25) is 0 Å². The Kier molecular flexibility index (Phi) is 2.60. The highest BCUT2D eigenvalue weighted by atomic mass is 79.9. The number of halogens is 1. The highest BCUT2D eigenvalue weighted by molar-refractivity contribution is 9.10. The van der Waals surface area contributed by atoms with Crippen molar-refractivity contribution >= 4 is 15.9 Å². The van der Waals surface area contributed by atoms with Gasteiger partial charge in [0.2, 0.25) is 0 Å². The van der Waals surface area contributed by atoms with Crippen LogP contribution in [0.5, 0.6) is 0 Å². The number of hydrogen-bond acceptors (Lipinski definition) is 1. The minimum absolute atomic E-state index is 0.499. The number of hydrogen-bond donors (Lipinski definition) is 1. The third-order valence-corrected chi connectivity index (χ3v) is 5.97. The predicted molar refractivity (Wildman–Crippen MR) is 77.3 cm³/mol. The van der Waals surface area contributed by atoms with Crippen molar-refractivity contribution in [2.45, 2.75) is 44.2 Å². The van der Waals surface area contributed by atoms with Crippen molar-refractivity contribution in [2.75, 3.05) is 0 Å². The lowest BCUT2D eigenvalue weighted by atomic mass is 9.76. The average molecular weight is 306 g/mol. The van der Waals surface area contributed by atoms with Crippen LogP contribution in [0, 0.1) is 17.8 Å². The monoisotopic (exact) mass is 305 g/mol. The normalized spacial score (nSPS) is 40.6. The molecule has 4 aliphatic carbocycles. The van der Waals surface area contributed by atoms with Gasteiger partial charge in [-0.3, -0.25) is 0 Å². The van der Waals surface area contributed by atoms with Crippen LogP contribution < -0.4 is 5.32 Å². The Labute approximate surface area is 117 Å². The Balaban J connectivity index is 1.47. The van der Waals surface area contributed by atoms with Crippen LogP contribution in [0.1, 0.15) is 37.7 Å². The van der Waals surface area contributed by atoms with E-state index in [9.17, 15) is 0 Å². The molecule has 2 atom stereocenters. The summed E-state index contributed by atoms with van der Waals surface area (Å²) >= 11 is 3.56. The first-order chi connectivity index (χ1) is 8.72. The first kappa shape index (κ1) is 11.5. The highest BCUT2D eigenvalue weighted by Gasteiger charge is 2.55. The molecule has 0 aliphatic heterocycles. The molecule has 0 aromatic heterocycles. The van der Waals surface area contributed by atoms with Crippen molar-refractivity contribution in [3.8, 4) is 0 Å². The lowest BCUT2D eigenvalue weighted by Gasteiger charge is -2.39. The fourth-order valence-electron chi connectivity index (χ4n) is 4.96. The SMILES string of the molecule is Brc1cccc(CNC23CC4CC(C2)C(C4)C3)c1. The number of nitrogens with one attached hydrogen (secondary N) is 1. The van der Waals surface area contributed by atoms with Crippen molar-refractivity contribution in [1.82, 2.24) is 5.32 Å². The van der Waals surface area contributed by atoms with Gasteiger partial charge in [0.25, 0.3) is 0 Å². The summed E-state index contributed by atoms with van der Waals surface area (Å²) in [6.07, 6.45) is 7.40. The number of benzene rings is 1. The second-order valence-electron chi connectivity index (χ2n) is 6.73. The van der Waals surface area contributed by atoms with Gasteiger partial charge >= 0.3 is 0 Å². The van der Waals surface area contributed by atoms with Crippen LogP contribution in [0.15, 0.2) is 28.7 Å². The van der Waals surface area contributed by atoms with E-state index in [1.807, 2.05) is 0 Å². The van der Waals surface area contributed by atoms with Crippen molar-refractivity contribution in [1.29, 1.82) is 0 Å². The quantitative estimate of drug-likeness (QED) is 0.886. The molecule has 4 bridgehead atoms. The second-order valence-corrected chi connectivity index (χ2v) is 7.65. The topological polar surface area (TPSA) is 12.0 Å². The van der Waals surface area contributed by atoms with Gasteiger partial charge in [0.15, 0.2) is 0 Å². The molecule has 5 rings (SSSR count). The standard InChI is InChI=1S/C16H20BrN/c17-15-3-1-2-11(6-15)10-18-16-7-12-4-13(8-16)14(5-12)9-16/h1-3,6,12-14,18H,4-5,7-10H2. The maximum Gasteiger partial charge on any atom is 0.0211 e. The molecule has 0 saturated heterocycles. The summed E-state index contributed by atoms with van der Waals surface area (Å²) in [6.45, 7) is 1.03. The first-order valence-electron chi connectivity index (χ1n) is 7.22. The van der Waals surface area contributed by atoms with Gasteiger partial charge < -0.3 is 5.32 Å². The second kappa shape index (κ2) is 4.08. The van der Waals surface area contributed by atoms with E-state index in [0.29, 0.717) is 5.54 Å². The zero-order valence-corrected chi connectivity index (χ0v) is 12.2. The van der Waals surface area contributed by atoms with E-state index < -0.39 is 0 Å². The predicted octanol–water partition coefficient (Wildman–Crippen LogP) is 4.12. The summed E-state index contributed by atoms with van der Waals surface area (Å²) in [5, 5.41) is 3.91. The Morgan fingerprint density at radius 1 is 1.17 bits per heavy atom. The largest absolute Gasteiger partial charge is 0.307 e. The first-order valence-corrected chi connectivity index (χ1v) is 8.01. The Hall–Kier alpha value is -0.340. The summed E-state index contributed by atoms with van der Waals surface area (Å²) in [7, 11) is 0. The Bertz CT molecular complexity index is 450. The van der Waals surface area contributed by atoms with Crippen molar-refractivity contribution in [3.63, 3.8) is 0 Å². The molecule has 0 heterocycles. The van der Waals surface area contributed by atoms with Crippen LogP contribution in [-0.2, 0) is 6.54 Å². The maximum atomic E-state index is 3.91. The van der Waals surface area contributed by atoms with E-state index in [4.69, 9.17) is 0 Å². The van der Waals surface area contributed by atoms with E-state index >= 15 is 0 Å². The van der Waals surface area contributed by atoms with Gasteiger partial charge in [0, 0.05) is 16.6 Å². The van der Waals surface area contributed by atoms with Crippen molar-refractivity contribution < 1.29 is 0 Å². The summed E-state index contributed by atoms with van der Waals surface area (Å²) in [5.74, 6) is 3.15. The molecule has 18 heavy (non-hydrogen) atoms. The molecule has 4 saturated carbocycles. The van der Waals surface area contributed by atoms with E-state index in [1.54, 1.807) is 0 Å². The van der Waals surface area contributed by atoms with Crippen LogP contribution in [0.25, 0.3) is 0 Å². The molecule has 0 spiro atoms. The van der Waals surface area contributed by atoms with Crippen LogP contribution in [0.4, 0.5) is 0 Å². The minimum Gasteiger partial charge on any atom is -0.307 e. The molecule has 1 aromatic rings. The molecule has 4 aliphatic rings. The number of rotatable bonds is 3. The van der Waals surface area contributed by atoms with Crippen molar-refractivity contribution in [2.24, 2.45) is 17.8 Å². The van der Waals surface area contributed by atoms with E-state index in [1.165, 1.54) is 42.1 Å². The minimum atomic E-state index is 0.499. The van der Waals surface area contributed by atoms with Crippen LogP contribution in [-0.4, -0.2) is 5.54 Å². The molecule has 1 N–H and O–H groups in total. The Morgan fingerprint density at radius 2 is 1.94 bits per heavy atom. The molecular weight excluding hydrogens is 286 g/mol. The van der Waals surface area contributed by atoms with Gasteiger partial charge in [-0.1, -0.05) is 28.1 Å². The van der Waals surface area contributed by atoms with E-state index in [2.05, 4.69) is 45.5 Å². The maximum absolute atomic E-state index is 3.91. The molecule has 1 aromatic carbocycles. The van der Waals surface area contributed by atoms with Gasteiger partial charge in [-0.15, -0.1) is 0 Å². The van der Waals surface area contributed by atoms with Crippen LogP contribution >= 0.6 is 15.9 Å². The third kappa shape index (κ3) is 1.85.